The highest BCUT2D eigenvalue weighted by molar-refractivity contribution is 6.48. The molecular formula is C27H36BNO2. The third kappa shape index (κ3) is 3.99. The van der Waals surface area contributed by atoms with Gasteiger partial charge in [-0.25, -0.2) is 0 Å². The zero-order valence-electron chi connectivity index (χ0n) is 19.5. The molecular weight excluding hydrogens is 381 g/mol. The molecule has 0 N–H and O–H groups in total. The van der Waals surface area contributed by atoms with E-state index in [2.05, 4.69) is 93.3 Å². The summed E-state index contributed by atoms with van der Waals surface area (Å²) in [6, 6.07) is 22.4. The molecule has 2 aromatic carbocycles. The van der Waals surface area contributed by atoms with E-state index in [9.17, 15) is 0 Å². The summed E-state index contributed by atoms with van der Waals surface area (Å²) in [6.07, 6.45) is 3.98. The van der Waals surface area contributed by atoms with Gasteiger partial charge in [-0.15, -0.1) is 0 Å². The highest BCUT2D eigenvalue weighted by atomic mass is 16.7. The van der Waals surface area contributed by atoms with Gasteiger partial charge in [-0.05, 0) is 63.5 Å². The van der Waals surface area contributed by atoms with Crippen LogP contribution in [0.15, 0.2) is 60.7 Å². The molecule has 3 aliphatic rings. The lowest BCUT2D eigenvalue weighted by Crippen LogP contribution is -2.47. The summed E-state index contributed by atoms with van der Waals surface area (Å²) in [4.78, 5) is 2.73. The van der Waals surface area contributed by atoms with Crippen molar-refractivity contribution in [2.75, 3.05) is 0 Å². The molecule has 4 atom stereocenters. The van der Waals surface area contributed by atoms with Crippen LogP contribution in [-0.2, 0) is 22.4 Å². The van der Waals surface area contributed by atoms with E-state index in [0.717, 1.165) is 19.0 Å². The minimum absolute atomic E-state index is 0.112. The molecule has 3 fully saturated rings. The number of benzene rings is 2. The second-order valence-corrected chi connectivity index (χ2v) is 10.9. The molecule has 2 saturated carbocycles. The van der Waals surface area contributed by atoms with E-state index in [1.54, 1.807) is 0 Å². The fourth-order valence-electron chi connectivity index (χ4n) is 6.18. The standard InChI is InChI=1S/C27H36BNO2/c1-26(2)27(3,4)31-28(30-26)24-22-15-16-23(17-22)25(24)29(18-20-11-7-5-8-12-20)19-21-13-9-6-10-14-21/h5-14,22-25H,15-19H2,1-4H3. The van der Waals surface area contributed by atoms with E-state index in [1.807, 2.05) is 0 Å². The number of rotatable bonds is 6. The van der Waals surface area contributed by atoms with Crippen LogP contribution in [0.5, 0.6) is 0 Å². The Morgan fingerprint density at radius 1 is 0.774 bits per heavy atom. The molecule has 1 heterocycles. The first-order valence-corrected chi connectivity index (χ1v) is 12.0. The highest BCUT2D eigenvalue weighted by Crippen LogP contribution is 2.58. The molecule has 31 heavy (non-hydrogen) atoms. The minimum Gasteiger partial charge on any atom is -0.403 e. The highest BCUT2D eigenvalue weighted by Gasteiger charge is 2.62. The van der Waals surface area contributed by atoms with Crippen molar-refractivity contribution in [2.45, 2.75) is 83.1 Å². The first kappa shape index (κ1) is 21.2. The van der Waals surface area contributed by atoms with Gasteiger partial charge in [0.05, 0.1) is 11.2 Å². The Morgan fingerprint density at radius 2 is 1.26 bits per heavy atom. The summed E-state index contributed by atoms with van der Waals surface area (Å²) in [7, 11) is -0.112. The Labute approximate surface area is 188 Å². The third-order valence-corrected chi connectivity index (χ3v) is 8.40. The van der Waals surface area contributed by atoms with Crippen LogP contribution in [0.2, 0.25) is 5.82 Å². The fourth-order valence-corrected chi connectivity index (χ4v) is 6.18. The molecule has 164 valence electrons. The number of hydrogen-bond acceptors (Lipinski definition) is 3. The van der Waals surface area contributed by atoms with Crippen LogP contribution in [-0.4, -0.2) is 29.3 Å². The third-order valence-electron chi connectivity index (χ3n) is 8.40. The van der Waals surface area contributed by atoms with E-state index in [1.165, 1.54) is 30.4 Å². The predicted octanol–water partition coefficient (Wildman–Crippen LogP) is 5.95. The maximum absolute atomic E-state index is 6.63. The predicted molar refractivity (Wildman–Crippen MR) is 127 cm³/mol. The zero-order chi connectivity index (χ0) is 21.6. The molecule has 1 aliphatic heterocycles. The van der Waals surface area contributed by atoms with E-state index in [0.29, 0.717) is 17.8 Å². The molecule has 2 aromatic rings. The van der Waals surface area contributed by atoms with Crippen LogP contribution in [0.1, 0.15) is 58.1 Å². The van der Waals surface area contributed by atoms with Crippen molar-refractivity contribution in [1.82, 2.24) is 4.90 Å². The lowest BCUT2D eigenvalue weighted by molar-refractivity contribution is 0.00578. The van der Waals surface area contributed by atoms with Crippen LogP contribution in [0.4, 0.5) is 0 Å². The van der Waals surface area contributed by atoms with E-state index >= 15 is 0 Å². The SMILES string of the molecule is CC1(C)OB(C2C3CCC(C3)C2N(Cc2ccccc2)Cc2ccccc2)OC1(C)C. The Balaban J connectivity index is 1.46. The van der Waals surface area contributed by atoms with Gasteiger partial charge in [0.15, 0.2) is 0 Å². The van der Waals surface area contributed by atoms with Crippen molar-refractivity contribution >= 4 is 7.12 Å². The average molecular weight is 417 g/mol. The largest absolute Gasteiger partial charge is 0.463 e. The van der Waals surface area contributed by atoms with Gasteiger partial charge in [0.1, 0.15) is 0 Å². The summed E-state index contributed by atoms with van der Waals surface area (Å²) >= 11 is 0. The van der Waals surface area contributed by atoms with Crippen LogP contribution in [0.25, 0.3) is 0 Å². The summed E-state index contributed by atoms with van der Waals surface area (Å²) in [5.74, 6) is 1.88. The van der Waals surface area contributed by atoms with E-state index < -0.39 is 0 Å². The van der Waals surface area contributed by atoms with Crippen LogP contribution in [0, 0.1) is 11.8 Å². The molecule has 4 heteroatoms. The van der Waals surface area contributed by atoms with Gasteiger partial charge in [0.25, 0.3) is 0 Å². The number of hydrogen-bond donors (Lipinski definition) is 0. The fraction of sp³-hybridized carbons (Fsp3) is 0.556. The molecule has 0 radical (unpaired) electrons. The molecule has 0 aromatic heterocycles. The summed E-state index contributed by atoms with van der Waals surface area (Å²) < 4.78 is 13.3. The molecule has 5 rings (SSSR count). The smallest absolute Gasteiger partial charge is 0.403 e. The van der Waals surface area contributed by atoms with Gasteiger partial charge in [0.2, 0.25) is 0 Å². The lowest BCUT2D eigenvalue weighted by atomic mass is 9.61. The van der Waals surface area contributed by atoms with Gasteiger partial charge < -0.3 is 9.31 Å². The van der Waals surface area contributed by atoms with Gasteiger partial charge >= 0.3 is 7.12 Å². The minimum atomic E-state index is -0.270. The summed E-state index contributed by atoms with van der Waals surface area (Å²) in [5.41, 5.74) is 2.23. The van der Waals surface area contributed by atoms with Gasteiger partial charge in [0, 0.05) is 24.9 Å². The van der Waals surface area contributed by atoms with Crippen molar-refractivity contribution in [3.63, 3.8) is 0 Å². The molecule has 1 saturated heterocycles. The van der Waals surface area contributed by atoms with Crippen LogP contribution >= 0.6 is 0 Å². The number of nitrogens with zero attached hydrogens (tertiary/aromatic N) is 1. The van der Waals surface area contributed by atoms with Crippen LogP contribution < -0.4 is 0 Å². The second-order valence-electron chi connectivity index (χ2n) is 10.9. The molecule has 4 unspecified atom stereocenters. The monoisotopic (exact) mass is 417 g/mol. The lowest BCUT2D eigenvalue weighted by Gasteiger charge is -2.40. The molecule has 2 aliphatic carbocycles. The number of fused-ring (bicyclic) bond motifs is 2. The van der Waals surface area contributed by atoms with E-state index in [4.69, 9.17) is 9.31 Å². The molecule has 0 amide bonds. The quantitative estimate of drug-likeness (QED) is 0.542. The van der Waals surface area contributed by atoms with Gasteiger partial charge in [-0.2, -0.15) is 0 Å². The first-order chi connectivity index (χ1) is 14.8. The van der Waals surface area contributed by atoms with Gasteiger partial charge in [-0.1, -0.05) is 67.1 Å². The van der Waals surface area contributed by atoms with E-state index in [-0.39, 0.29) is 18.3 Å². The van der Waals surface area contributed by atoms with Crippen LogP contribution in [0.3, 0.4) is 0 Å². The van der Waals surface area contributed by atoms with Crippen molar-refractivity contribution in [3.8, 4) is 0 Å². The van der Waals surface area contributed by atoms with Crippen molar-refractivity contribution in [3.05, 3.63) is 71.8 Å². The maximum atomic E-state index is 6.63. The average Bonchev–Trinajstić information content (AvgIpc) is 3.41. The summed E-state index contributed by atoms with van der Waals surface area (Å²) in [5, 5.41) is 0. The Morgan fingerprint density at radius 3 is 1.77 bits per heavy atom. The molecule has 3 nitrogen and oxygen atoms in total. The Bertz CT molecular complexity index is 827. The Kier molecular flexibility index (Phi) is 5.52. The topological polar surface area (TPSA) is 21.7 Å². The van der Waals surface area contributed by atoms with Crippen molar-refractivity contribution < 1.29 is 9.31 Å². The maximum Gasteiger partial charge on any atom is 0.463 e. The van der Waals surface area contributed by atoms with Gasteiger partial charge in [-0.3, -0.25) is 4.90 Å². The van der Waals surface area contributed by atoms with Crippen molar-refractivity contribution in [2.24, 2.45) is 11.8 Å². The molecule has 2 bridgehead atoms. The van der Waals surface area contributed by atoms with Crippen molar-refractivity contribution in [1.29, 1.82) is 0 Å². The zero-order valence-corrected chi connectivity index (χ0v) is 19.5. The molecule has 0 spiro atoms. The first-order valence-electron chi connectivity index (χ1n) is 12.0. The normalized spacial score (nSPS) is 30.9. The second kappa shape index (κ2) is 8.06. The Hall–Kier alpha value is -1.62. The summed E-state index contributed by atoms with van der Waals surface area (Å²) in [6.45, 7) is 10.7.